The summed E-state index contributed by atoms with van der Waals surface area (Å²) in [6, 6.07) is 17.2. The number of hydrogen-bond acceptors (Lipinski definition) is 4. The van der Waals surface area contributed by atoms with E-state index in [0.29, 0.717) is 6.61 Å². The van der Waals surface area contributed by atoms with Crippen molar-refractivity contribution in [2.45, 2.75) is 32.2 Å². The minimum atomic E-state index is -1.12. The molecule has 0 aliphatic heterocycles. The summed E-state index contributed by atoms with van der Waals surface area (Å²) in [5.41, 5.74) is 0.868. The number of nitrogens with zero attached hydrogens (tertiary/aromatic N) is 1. The number of carbonyl (C=O) groups is 1. The maximum atomic E-state index is 11.3. The lowest BCUT2D eigenvalue weighted by Gasteiger charge is -2.14. The molecule has 0 aromatic heterocycles. The lowest BCUT2D eigenvalue weighted by atomic mass is 9.90. The molecule has 0 spiro atoms. The highest BCUT2D eigenvalue weighted by molar-refractivity contribution is 6.23. The van der Waals surface area contributed by atoms with Crippen LogP contribution in [0.1, 0.15) is 25.3 Å². The van der Waals surface area contributed by atoms with Crippen molar-refractivity contribution in [3.63, 3.8) is 0 Å². The third-order valence-electron chi connectivity index (χ3n) is 5.04. The van der Waals surface area contributed by atoms with Crippen LogP contribution < -0.4 is 0 Å². The summed E-state index contributed by atoms with van der Waals surface area (Å²) in [6.07, 6.45) is 3.57. The highest BCUT2D eigenvalue weighted by atomic mass is 16.4. The summed E-state index contributed by atoms with van der Waals surface area (Å²) < 4.78 is 0. The van der Waals surface area contributed by atoms with Crippen LogP contribution in [-0.4, -0.2) is 34.9 Å². The predicted molar refractivity (Wildman–Crippen MR) is 115 cm³/mol. The number of carboxylic acid groups (broad SMARTS) is 1. The summed E-state index contributed by atoms with van der Waals surface area (Å²) >= 11 is 0. The van der Waals surface area contributed by atoms with E-state index in [-0.39, 0.29) is 6.42 Å². The number of rotatable bonds is 6. The molecule has 0 amide bonds. The molecule has 0 heterocycles. The smallest absolute Gasteiger partial charge is 0.329 e. The molecule has 29 heavy (non-hydrogen) atoms. The van der Waals surface area contributed by atoms with Crippen molar-refractivity contribution in [2.75, 3.05) is 6.61 Å². The van der Waals surface area contributed by atoms with Gasteiger partial charge in [-0.1, -0.05) is 67.9 Å². The van der Waals surface area contributed by atoms with Crippen LogP contribution in [0.3, 0.4) is 0 Å². The average Bonchev–Trinajstić information content (AvgIpc) is 2.73. The first-order valence-corrected chi connectivity index (χ1v) is 9.66. The first kappa shape index (κ1) is 20.5. The zero-order chi connectivity index (χ0) is 20.8. The molecular formula is C24H23NO4. The number of aliphatic carboxylic acids is 1. The lowest BCUT2D eigenvalue weighted by Crippen LogP contribution is -2.20. The van der Waals surface area contributed by atoms with Gasteiger partial charge in [-0.2, -0.15) is 4.99 Å². The van der Waals surface area contributed by atoms with E-state index < -0.39 is 12.0 Å². The summed E-state index contributed by atoms with van der Waals surface area (Å²) in [4.78, 5) is 25.2. The summed E-state index contributed by atoms with van der Waals surface area (Å²) in [6.45, 7) is 2.40. The number of hydrogen-bond donors (Lipinski definition) is 2. The molecule has 0 aliphatic rings. The molecule has 5 nitrogen and oxygen atoms in total. The number of benzene rings is 4. The fourth-order valence-electron chi connectivity index (χ4n) is 3.59. The lowest BCUT2D eigenvalue weighted by molar-refractivity contribution is -0.138. The van der Waals surface area contributed by atoms with Gasteiger partial charge in [0.25, 0.3) is 0 Å². The van der Waals surface area contributed by atoms with Gasteiger partial charge in [0.15, 0.2) is 6.04 Å². The van der Waals surface area contributed by atoms with Crippen molar-refractivity contribution in [1.29, 1.82) is 0 Å². The largest absolute Gasteiger partial charge is 0.480 e. The van der Waals surface area contributed by atoms with Crippen molar-refractivity contribution < 1.29 is 19.8 Å². The van der Waals surface area contributed by atoms with Gasteiger partial charge in [-0.3, -0.25) is 0 Å². The summed E-state index contributed by atoms with van der Waals surface area (Å²) in [7, 11) is 0. The van der Waals surface area contributed by atoms with Crippen LogP contribution >= 0.6 is 0 Å². The molecule has 4 aromatic carbocycles. The number of aliphatic imine (C=N–C) groups is 1. The van der Waals surface area contributed by atoms with E-state index in [4.69, 9.17) is 5.11 Å². The van der Waals surface area contributed by atoms with Crippen LogP contribution in [0.4, 0.5) is 0 Å². The highest BCUT2D eigenvalue weighted by Crippen LogP contribution is 2.36. The van der Waals surface area contributed by atoms with Gasteiger partial charge in [-0.25, -0.2) is 9.59 Å². The van der Waals surface area contributed by atoms with Crippen LogP contribution in [0, 0.1) is 0 Å². The molecule has 0 saturated heterocycles. The Hall–Kier alpha value is -3.27. The Bertz CT molecular complexity index is 1160. The third kappa shape index (κ3) is 4.27. The Kier molecular flexibility index (Phi) is 6.55. The van der Waals surface area contributed by atoms with E-state index in [1.807, 2.05) is 30.3 Å². The Labute approximate surface area is 168 Å². The van der Waals surface area contributed by atoms with E-state index in [9.17, 15) is 14.7 Å². The Morgan fingerprint density at radius 2 is 1.62 bits per heavy atom. The minimum absolute atomic E-state index is 0.165. The van der Waals surface area contributed by atoms with E-state index >= 15 is 0 Å². The van der Waals surface area contributed by atoms with E-state index in [2.05, 4.69) is 36.2 Å². The quantitative estimate of drug-likeness (QED) is 0.284. The number of carbonyl (C=O) groups excluding carboxylic acids is 1. The number of isocyanates is 1. The molecule has 1 unspecified atom stereocenters. The van der Waals surface area contributed by atoms with Crippen LogP contribution in [-0.2, 0) is 16.0 Å². The number of carboxylic acids is 1. The van der Waals surface area contributed by atoms with Crippen molar-refractivity contribution >= 4 is 44.4 Å². The normalized spacial score (nSPS) is 11.8. The van der Waals surface area contributed by atoms with Crippen molar-refractivity contribution in [2.24, 2.45) is 4.99 Å². The van der Waals surface area contributed by atoms with Gasteiger partial charge in [0.05, 0.1) is 0 Å². The molecule has 0 aliphatic carbocycles. The first-order valence-electron chi connectivity index (χ1n) is 9.66. The molecule has 0 bridgehead atoms. The van der Waals surface area contributed by atoms with Crippen molar-refractivity contribution in [3.05, 3.63) is 60.2 Å². The van der Waals surface area contributed by atoms with Crippen LogP contribution in [0.2, 0.25) is 0 Å². The zero-order valence-electron chi connectivity index (χ0n) is 16.3. The van der Waals surface area contributed by atoms with Crippen molar-refractivity contribution in [3.8, 4) is 0 Å². The standard InChI is InChI=1S/C20H13NO3.C4H10O/c22-11-21-17(20(23)24)10-15-7-6-14-5-4-12-2-1-3-13-8-9-16(15)19(14)18(12)13;1-2-3-4-5/h1-9,17H,10H2,(H,23,24);5H,2-4H2,1H3. The van der Waals surface area contributed by atoms with Crippen molar-refractivity contribution in [1.82, 2.24) is 0 Å². The monoisotopic (exact) mass is 389 g/mol. The molecule has 4 aromatic rings. The van der Waals surface area contributed by atoms with Crippen LogP contribution in [0.5, 0.6) is 0 Å². The van der Waals surface area contributed by atoms with Crippen LogP contribution in [0.15, 0.2) is 59.6 Å². The van der Waals surface area contributed by atoms with E-state index in [1.165, 1.54) is 11.5 Å². The second-order valence-electron chi connectivity index (χ2n) is 6.94. The summed E-state index contributed by atoms with van der Waals surface area (Å²) in [5, 5.41) is 24.0. The Morgan fingerprint density at radius 1 is 1.00 bits per heavy atom. The second-order valence-corrected chi connectivity index (χ2v) is 6.94. The van der Waals surface area contributed by atoms with Gasteiger partial charge in [-0.15, -0.1) is 0 Å². The summed E-state index contributed by atoms with van der Waals surface area (Å²) in [5.74, 6) is -1.12. The van der Waals surface area contributed by atoms with Gasteiger partial charge < -0.3 is 10.2 Å². The molecule has 0 saturated carbocycles. The maximum absolute atomic E-state index is 11.3. The zero-order valence-corrected chi connectivity index (χ0v) is 16.3. The molecule has 5 heteroatoms. The molecule has 148 valence electrons. The number of aliphatic hydroxyl groups excluding tert-OH is 1. The topological polar surface area (TPSA) is 87.0 Å². The van der Waals surface area contributed by atoms with Gasteiger partial charge in [-0.05, 0) is 44.3 Å². The fraction of sp³-hybridized carbons (Fsp3) is 0.250. The van der Waals surface area contributed by atoms with Crippen LogP contribution in [0.25, 0.3) is 32.3 Å². The highest BCUT2D eigenvalue weighted by Gasteiger charge is 2.19. The molecule has 1 atom stereocenters. The number of unbranched alkanes of at least 4 members (excludes halogenated alkanes) is 1. The molecule has 4 rings (SSSR count). The second kappa shape index (κ2) is 9.28. The third-order valence-corrected chi connectivity index (χ3v) is 5.04. The molecule has 0 fully saturated rings. The maximum Gasteiger partial charge on any atom is 0.329 e. The Morgan fingerprint density at radius 3 is 2.17 bits per heavy atom. The fourth-order valence-corrected chi connectivity index (χ4v) is 3.59. The van der Waals surface area contributed by atoms with E-state index in [0.717, 1.165) is 45.3 Å². The Balaban J connectivity index is 0.000000431. The minimum Gasteiger partial charge on any atom is -0.480 e. The molecule has 2 N–H and O–H groups in total. The SMILES string of the molecule is CCCCO.O=C=NC(Cc1ccc2ccc3cccc4ccc1c2c34)C(=O)O. The van der Waals surface area contributed by atoms with E-state index in [1.54, 1.807) is 0 Å². The number of aliphatic hydroxyl groups is 1. The van der Waals surface area contributed by atoms with Gasteiger partial charge in [0, 0.05) is 13.0 Å². The molecule has 0 radical (unpaired) electrons. The molecular weight excluding hydrogens is 366 g/mol. The first-order chi connectivity index (χ1) is 14.1. The van der Waals surface area contributed by atoms with Gasteiger partial charge in [0.1, 0.15) is 0 Å². The predicted octanol–water partition coefficient (Wildman–Crippen LogP) is 4.69. The average molecular weight is 389 g/mol. The van der Waals surface area contributed by atoms with Gasteiger partial charge in [0.2, 0.25) is 6.08 Å². The van der Waals surface area contributed by atoms with Gasteiger partial charge >= 0.3 is 5.97 Å².